The molecule has 0 saturated carbocycles. The third-order valence-corrected chi connectivity index (χ3v) is 12.2. The van der Waals surface area contributed by atoms with Crippen LogP contribution in [0.4, 0.5) is 0 Å². The first kappa shape index (κ1) is 39.5. The molecule has 0 aromatic carbocycles. The van der Waals surface area contributed by atoms with Crippen LogP contribution in [-0.2, 0) is 45.1 Å². The Morgan fingerprint density at radius 1 is 0.346 bits per heavy atom. The molecule has 4 aromatic heterocycles. The predicted molar refractivity (Wildman–Crippen MR) is 209 cm³/mol. The summed E-state index contributed by atoms with van der Waals surface area (Å²) < 4.78 is 48.0. The van der Waals surface area contributed by atoms with E-state index in [9.17, 15) is 0 Å². The van der Waals surface area contributed by atoms with Gasteiger partial charge in [-0.15, -0.1) is 45.3 Å². The van der Waals surface area contributed by atoms with Crippen molar-refractivity contribution < 1.29 is 37.9 Å². The Kier molecular flexibility index (Phi) is 17.3. The Morgan fingerprint density at radius 2 is 0.615 bits per heavy atom. The quantitative estimate of drug-likeness (QED) is 0.176. The SMILES string of the molecule is c1cc2c(s1)CN1CCCCCCN(Cc3sccc3OCCOCCOCCO2)Cc2sccc2OCCOCCOCCOc2ccsc2C1. The molecule has 2 aliphatic heterocycles. The normalized spacial score (nSPS) is 22.0. The highest BCUT2D eigenvalue weighted by Crippen LogP contribution is 2.32. The van der Waals surface area contributed by atoms with Crippen molar-refractivity contribution in [2.45, 2.75) is 51.9 Å². The average molecular weight is 793 g/mol. The summed E-state index contributed by atoms with van der Waals surface area (Å²) in [7, 11) is 0. The number of ether oxygens (including phenoxy) is 8. The third kappa shape index (κ3) is 13.3. The first-order chi connectivity index (χ1) is 25.8. The van der Waals surface area contributed by atoms with Gasteiger partial charge in [0, 0.05) is 26.2 Å². The van der Waals surface area contributed by atoms with E-state index in [-0.39, 0.29) is 0 Å². The fourth-order valence-electron chi connectivity index (χ4n) is 6.04. The molecule has 52 heavy (non-hydrogen) atoms. The van der Waals surface area contributed by atoms with Crippen LogP contribution in [0.25, 0.3) is 0 Å². The van der Waals surface area contributed by atoms with Crippen molar-refractivity contribution in [1.82, 2.24) is 9.80 Å². The van der Waals surface area contributed by atoms with Crippen molar-refractivity contribution in [3.05, 3.63) is 65.3 Å². The lowest BCUT2D eigenvalue weighted by atomic mass is 10.1. The van der Waals surface area contributed by atoms with E-state index in [1.165, 1.54) is 32.4 Å². The Balaban J connectivity index is 1.17. The molecule has 6 heterocycles. The van der Waals surface area contributed by atoms with Gasteiger partial charge in [0.1, 0.15) is 49.4 Å². The molecular weight excluding hydrogens is 741 g/mol. The highest BCUT2D eigenvalue weighted by molar-refractivity contribution is 7.11. The summed E-state index contributed by atoms with van der Waals surface area (Å²) in [6.07, 6.45) is 4.59. The van der Waals surface area contributed by atoms with Gasteiger partial charge in [-0.05, 0) is 71.7 Å². The van der Waals surface area contributed by atoms with E-state index in [1.807, 2.05) is 0 Å². The molecule has 14 heteroatoms. The van der Waals surface area contributed by atoms with Crippen molar-refractivity contribution in [3.8, 4) is 23.0 Å². The molecule has 286 valence electrons. The summed E-state index contributed by atoms with van der Waals surface area (Å²) in [6.45, 7) is 11.4. The van der Waals surface area contributed by atoms with Gasteiger partial charge in [0.25, 0.3) is 0 Å². The number of hydrogen-bond acceptors (Lipinski definition) is 14. The molecule has 2 bridgehead atoms. The number of hydrogen-bond donors (Lipinski definition) is 0. The number of nitrogens with zero attached hydrogens (tertiary/aromatic N) is 2. The molecule has 4 aromatic rings. The topological polar surface area (TPSA) is 80.3 Å². The van der Waals surface area contributed by atoms with Gasteiger partial charge in [-0.2, -0.15) is 0 Å². The fourth-order valence-corrected chi connectivity index (χ4v) is 9.47. The van der Waals surface area contributed by atoms with E-state index in [0.717, 1.165) is 75.1 Å². The standard InChI is InChI=1S/C38H52N2O8S4/c1-2-4-10-40-29-37-33(7-25-51-37)47-21-17-43-13-11-41-15-19-45-31-5-23-49-35(31)27-39(9-3-1)28-36-32(6-24-50-36)46-20-16-42-12-14-44-18-22-48-34-8-26-52-38(34)30-40/h5-8,23-26H,1-4,9-22,27-30H2. The molecule has 0 amide bonds. The minimum atomic E-state index is 0.503. The number of rotatable bonds is 0. The van der Waals surface area contributed by atoms with E-state index >= 15 is 0 Å². The Bertz CT molecular complexity index is 1320. The maximum atomic E-state index is 6.20. The molecule has 6 rings (SSSR count). The van der Waals surface area contributed by atoms with Crippen molar-refractivity contribution in [2.75, 3.05) is 92.4 Å². The Labute approximate surface area is 324 Å². The van der Waals surface area contributed by atoms with Crippen molar-refractivity contribution in [3.63, 3.8) is 0 Å². The maximum absolute atomic E-state index is 6.20. The van der Waals surface area contributed by atoms with Crippen LogP contribution in [0.15, 0.2) is 45.8 Å². The van der Waals surface area contributed by atoms with Gasteiger partial charge < -0.3 is 37.9 Å². The van der Waals surface area contributed by atoms with Gasteiger partial charge in [0.15, 0.2) is 0 Å². The Hall–Kier alpha value is -2.24. The van der Waals surface area contributed by atoms with Crippen LogP contribution in [0, 0.1) is 0 Å². The van der Waals surface area contributed by atoms with Crippen molar-refractivity contribution >= 4 is 45.3 Å². The van der Waals surface area contributed by atoms with E-state index < -0.39 is 0 Å². The van der Waals surface area contributed by atoms with Crippen LogP contribution in [0.1, 0.15) is 45.2 Å². The number of thiophene rings is 4. The van der Waals surface area contributed by atoms with Gasteiger partial charge in [0.2, 0.25) is 0 Å². The molecule has 0 N–H and O–H groups in total. The summed E-state index contributed by atoms with van der Waals surface area (Å²) in [5, 5.41) is 8.48. The van der Waals surface area contributed by atoms with Crippen LogP contribution in [0.2, 0.25) is 0 Å². The van der Waals surface area contributed by atoms with Gasteiger partial charge >= 0.3 is 0 Å². The molecule has 0 fully saturated rings. The fraction of sp³-hybridized carbons (Fsp3) is 0.579. The summed E-state index contributed by atoms with van der Waals surface area (Å²) >= 11 is 7.01. The highest BCUT2D eigenvalue weighted by Gasteiger charge is 2.18. The van der Waals surface area contributed by atoms with Gasteiger partial charge in [-0.3, -0.25) is 9.80 Å². The summed E-state index contributed by atoms with van der Waals surface area (Å²) in [6, 6.07) is 8.31. The van der Waals surface area contributed by atoms with Crippen LogP contribution < -0.4 is 18.9 Å². The Morgan fingerprint density at radius 3 is 0.904 bits per heavy atom. The van der Waals surface area contributed by atoms with E-state index in [1.54, 1.807) is 45.3 Å². The molecule has 0 unspecified atom stereocenters. The monoisotopic (exact) mass is 792 g/mol. The molecule has 2 aliphatic rings. The van der Waals surface area contributed by atoms with Crippen LogP contribution >= 0.6 is 45.3 Å². The predicted octanol–water partition coefficient (Wildman–Crippen LogP) is 7.81. The molecule has 0 spiro atoms. The second-order valence-electron chi connectivity index (χ2n) is 12.5. The molecular formula is C38H52N2O8S4. The van der Waals surface area contributed by atoms with Gasteiger partial charge in [0.05, 0.1) is 72.4 Å². The second kappa shape index (κ2) is 22.9. The highest BCUT2D eigenvalue weighted by atomic mass is 32.1. The van der Waals surface area contributed by atoms with Crippen LogP contribution in [0.3, 0.4) is 0 Å². The first-order valence-electron chi connectivity index (χ1n) is 18.3. The lowest BCUT2D eigenvalue weighted by Gasteiger charge is -2.24. The minimum Gasteiger partial charge on any atom is -0.490 e. The minimum absolute atomic E-state index is 0.503. The summed E-state index contributed by atoms with van der Waals surface area (Å²) in [5.41, 5.74) is 0. The van der Waals surface area contributed by atoms with E-state index in [4.69, 9.17) is 37.9 Å². The molecule has 10 nitrogen and oxygen atoms in total. The lowest BCUT2D eigenvalue weighted by Crippen LogP contribution is -2.25. The smallest absolute Gasteiger partial charge is 0.134 e. The first-order valence-corrected chi connectivity index (χ1v) is 21.9. The zero-order chi connectivity index (χ0) is 35.5. The number of fused-ring (bicyclic) bond motifs is 11. The maximum Gasteiger partial charge on any atom is 0.134 e. The largest absolute Gasteiger partial charge is 0.490 e. The second-order valence-corrected chi connectivity index (χ2v) is 16.5. The van der Waals surface area contributed by atoms with E-state index in [2.05, 4.69) is 55.6 Å². The van der Waals surface area contributed by atoms with Crippen molar-refractivity contribution in [1.29, 1.82) is 0 Å². The molecule has 0 atom stereocenters. The average Bonchev–Trinajstić information content (AvgIpc) is 3.97. The zero-order valence-electron chi connectivity index (χ0n) is 30.0. The zero-order valence-corrected chi connectivity index (χ0v) is 33.2. The third-order valence-electron chi connectivity index (χ3n) is 8.67. The summed E-state index contributed by atoms with van der Waals surface area (Å²) in [5.74, 6) is 3.77. The van der Waals surface area contributed by atoms with Gasteiger partial charge in [-0.25, -0.2) is 0 Å². The molecule has 0 saturated heterocycles. The summed E-state index contributed by atoms with van der Waals surface area (Å²) in [4.78, 5) is 10.0. The lowest BCUT2D eigenvalue weighted by molar-refractivity contribution is 0.0270. The van der Waals surface area contributed by atoms with Gasteiger partial charge in [-0.1, -0.05) is 12.8 Å². The van der Waals surface area contributed by atoms with Crippen molar-refractivity contribution in [2.24, 2.45) is 0 Å². The van der Waals surface area contributed by atoms with Crippen LogP contribution in [-0.4, -0.2) is 102 Å². The van der Waals surface area contributed by atoms with E-state index in [0.29, 0.717) is 79.3 Å². The molecule has 0 aliphatic carbocycles. The van der Waals surface area contributed by atoms with Crippen LogP contribution in [0.5, 0.6) is 23.0 Å². The molecule has 0 radical (unpaired) electrons.